The Bertz CT molecular complexity index is 3280. The molecule has 0 amide bonds. The first kappa shape index (κ1) is 36.6. The number of fused-ring (bicyclic) bond motifs is 10. The van der Waals surface area contributed by atoms with Crippen LogP contribution in [0.1, 0.15) is 64.5 Å². The van der Waals surface area contributed by atoms with E-state index in [-0.39, 0.29) is 0 Å². The third-order valence-electron chi connectivity index (χ3n) is 14.2. The fourth-order valence-corrected chi connectivity index (χ4v) is 11.1. The lowest BCUT2D eigenvalue weighted by atomic mass is 9.71. The van der Waals surface area contributed by atoms with Gasteiger partial charge in [-0.1, -0.05) is 195 Å². The molecule has 9 aromatic carbocycles. The van der Waals surface area contributed by atoms with Crippen LogP contribution in [0.5, 0.6) is 0 Å². The number of aryl methyl sites for hydroxylation is 1. The molecule has 1 heteroatoms. The Labute approximate surface area is 364 Å². The average molecular weight is 794 g/mol. The summed E-state index contributed by atoms with van der Waals surface area (Å²) in [6, 6.07) is 79.5. The lowest BCUT2D eigenvalue weighted by Gasteiger charge is -2.33. The molecule has 3 atom stereocenters. The summed E-state index contributed by atoms with van der Waals surface area (Å²) in [5.74, 6) is 1.02. The molecule has 10 aromatic rings. The predicted molar refractivity (Wildman–Crippen MR) is 260 cm³/mol. The largest absolute Gasteiger partial charge is 0.309 e. The lowest BCUT2D eigenvalue weighted by Crippen LogP contribution is -2.17. The minimum absolute atomic E-state index is 0.295. The van der Waals surface area contributed by atoms with E-state index in [4.69, 9.17) is 0 Å². The molecular weight excluding hydrogens is 747 g/mol. The van der Waals surface area contributed by atoms with Gasteiger partial charge in [0.15, 0.2) is 0 Å². The maximum absolute atomic E-state index is 2.55. The van der Waals surface area contributed by atoms with Gasteiger partial charge in [0.25, 0.3) is 0 Å². The number of nitrogens with zero attached hydrogens (tertiary/aromatic N) is 1. The second-order valence-electron chi connectivity index (χ2n) is 17.5. The molecule has 0 spiro atoms. The van der Waals surface area contributed by atoms with Gasteiger partial charge in [0.05, 0.1) is 11.0 Å². The highest BCUT2D eigenvalue weighted by Gasteiger charge is 2.33. The molecule has 3 unspecified atom stereocenters. The van der Waals surface area contributed by atoms with E-state index in [1.165, 1.54) is 105 Å². The maximum Gasteiger partial charge on any atom is 0.0544 e. The van der Waals surface area contributed by atoms with Crippen molar-refractivity contribution in [2.75, 3.05) is 0 Å². The molecule has 62 heavy (non-hydrogen) atoms. The van der Waals surface area contributed by atoms with Crippen LogP contribution in [0.2, 0.25) is 0 Å². The Hall–Kier alpha value is -7.22. The van der Waals surface area contributed by atoms with Gasteiger partial charge in [-0.25, -0.2) is 0 Å². The zero-order chi connectivity index (χ0) is 41.1. The summed E-state index contributed by atoms with van der Waals surface area (Å²) < 4.78 is 2.55. The van der Waals surface area contributed by atoms with Crippen molar-refractivity contribution >= 4 is 21.8 Å². The summed E-state index contributed by atoms with van der Waals surface area (Å²) in [6.45, 7) is 2.43. The Balaban J connectivity index is 0.959. The Kier molecular flexibility index (Phi) is 8.89. The minimum atomic E-state index is 0.295. The summed E-state index contributed by atoms with van der Waals surface area (Å²) in [7, 11) is 0. The highest BCUT2D eigenvalue weighted by Crippen LogP contribution is 2.53. The fourth-order valence-electron chi connectivity index (χ4n) is 11.1. The third kappa shape index (κ3) is 6.06. The molecule has 0 saturated heterocycles. The number of aromatic nitrogens is 1. The monoisotopic (exact) mass is 793 g/mol. The van der Waals surface area contributed by atoms with Crippen molar-refractivity contribution in [3.8, 4) is 50.2 Å². The summed E-state index contributed by atoms with van der Waals surface area (Å²) in [5.41, 5.74) is 22.9. The van der Waals surface area contributed by atoms with E-state index in [2.05, 4.69) is 224 Å². The number of para-hydroxylation sites is 1. The van der Waals surface area contributed by atoms with Crippen LogP contribution in [0.3, 0.4) is 0 Å². The van der Waals surface area contributed by atoms with Gasteiger partial charge in [-0.3, -0.25) is 0 Å². The summed E-state index contributed by atoms with van der Waals surface area (Å²) >= 11 is 0. The van der Waals surface area contributed by atoms with Gasteiger partial charge in [0, 0.05) is 22.4 Å². The van der Waals surface area contributed by atoms with Crippen LogP contribution in [-0.2, 0) is 12.8 Å². The Morgan fingerprint density at radius 3 is 1.98 bits per heavy atom. The predicted octanol–water partition coefficient (Wildman–Crippen LogP) is 16.0. The summed E-state index contributed by atoms with van der Waals surface area (Å²) in [5, 5.41) is 2.72. The SMILES string of the molecule is CC(c1ccc(-c2ccccc2)cc1)C1Cc2ccccc2-c2cc(-n3c4ccccc4c4c5c(ccc43)-c3ccccc3C5CCc3cccc(-c4ccccc4)c3)ccc21. The zero-order valence-corrected chi connectivity index (χ0v) is 35.0. The molecule has 2 aliphatic carbocycles. The summed E-state index contributed by atoms with van der Waals surface area (Å²) in [6.07, 6.45) is 3.09. The molecule has 1 heterocycles. The number of hydrogen-bond acceptors (Lipinski definition) is 0. The molecule has 1 nitrogen and oxygen atoms in total. The molecule has 0 bridgehead atoms. The minimum Gasteiger partial charge on any atom is -0.309 e. The van der Waals surface area contributed by atoms with Crippen molar-refractivity contribution < 1.29 is 0 Å². The molecule has 2 aliphatic rings. The first-order valence-electron chi connectivity index (χ1n) is 22.4. The zero-order valence-electron chi connectivity index (χ0n) is 35.0. The van der Waals surface area contributed by atoms with Crippen LogP contribution in [0.4, 0.5) is 0 Å². The molecule has 12 rings (SSSR count). The van der Waals surface area contributed by atoms with Gasteiger partial charge in [0.2, 0.25) is 0 Å². The van der Waals surface area contributed by atoms with Crippen LogP contribution < -0.4 is 0 Å². The van der Waals surface area contributed by atoms with Gasteiger partial charge < -0.3 is 4.57 Å². The molecule has 0 aliphatic heterocycles. The Morgan fingerprint density at radius 2 is 1.16 bits per heavy atom. The van der Waals surface area contributed by atoms with Crippen LogP contribution in [0, 0.1) is 0 Å². The second-order valence-corrected chi connectivity index (χ2v) is 17.5. The van der Waals surface area contributed by atoms with Gasteiger partial charge >= 0.3 is 0 Å². The highest BCUT2D eigenvalue weighted by atomic mass is 15.0. The van der Waals surface area contributed by atoms with Gasteiger partial charge in [-0.05, 0) is 133 Å². The molecule has 1 aromatic heterocycles. The maximum atomic E-state index is 2.55. The van der Waals surface area contributed by atoms with Crippen LogP contribution in [0.25, 0.3) is 72.0 Å². The topological polar surface area (TPSA) is 4.93 Å². The van der Waals surface area contributed by atoms with Crippen molar-refractivity contribution in [1.82, 2.24) is 4.57 Å². The number of benzene rings is 9. The van der Waals surface area contributed by atoms with Crippen molar-refractivity contribution in [2.45, 2.75) is 43.9 Å². The summed E-state index contributed by atoms with van der Waals surface area (Å²) in [4.78, 5) is 0. The molecular formula is C61H47N. The highest BCUT2D eigenvalue weighted by molar-refractivity contribution is 6.14. The van der Waals surface area contributed by atoms with Crippen molar-refractivity contribution in [3.05, 3.63) is 246 Å². The van der Waals surface area contributed by atoms with Gasteiger partial charge in [-0.2, -0.15) is 0 Å². The van der Waals surface area contributed by atoms with E-state index >= 15 is 0 Å². The molecule has 0 saturated carbocycles. The first-order chi connectivity index (χ1) is 30.7. The van der Waals surface area contributed by atoms with Crippen LogP contribution >= 0.6 is 0 Å². The molecule has 296 valence electrons. The lowest BCUT2D eigenvalue weighted by molar-refractivity contribution is 0.568. The quantitative estimate of drug-likeness (QED) is 0.144. The second kappa shape index (κ2) is 15.0. The van der Waals surface area contributed by atoms with Crippen LogP contribution in [0.15, 0.2) is 212 Å². The van der Waals surface area contributed by atoms with Crippen molar-refractivity contribution in [1.29, 1.82) is 0 Å². The van der Waals surface area contributed by atoms with E-state index < -0.39 is 0 Å². The van der Waals surface area contributed by atoms with E-state index in [0.29, 0.717) is 17.8 Å². The van der Waals surface area contributed by atoms with E-state index in [1.54, 1.807) is 0 Å². The molecule has 0 N–H and O–H groups in total. The normalized spacial score (nSPS) is 15.5. The van der Waals surface area contributed by atoms with E-state index in [9.17, 15) is 0 Å². The van der Waals surface area contributed by atoms with E-state index in [1.807, 2.05) is 0 Å². The standard InChI is InChI=1S/C61H47N/c1-40(42-28-30-45(31-29-42)43-16-4-2-5-17-43)56-38-47-20-8-9-22-49(47)57-39-48(32-34-52(56)57)62-58-26-13-12-25-55(58)61-59(62)36-35-54-51-24-11-10-23-50(51)53(60(54)61)33-27-41-15-14-21-46(37-41)44-18-6-3-7-19-44/h2-26,28-32,34-37,39-40,53,56H,27,33,38H2,1H3. The third-order valence-corrected chi connectivity index (χ3v) is 14.2. The molecule has 0 fully saturated rings. The number of hydrogen-bond donors (Lipinski definition) is 0. The van der Waals surface area contributed by atoms with Crippen LogP contribution in [-0.4, -0.2) is 4.57 Å². The van der Waals surface area contributed by atoms with Gasteiger partial charge in [-0.15, -0.1) is 0 Å². The Morgan fingerprint density at radius 1 is 0.484 bits per heavy atom. The fraction of sp³-hybridized carbons (Fsp3) is 0.115. The van der Waals surface area contributed by atoms with Gasteiger partial charge in [0.1, 0.15) is 0 Å². The smallest absolute Gasteiger partial charge is 0.0544 e. The number of rotatable bonds is 8. The van der Waals surface area contributed by atoms with Crippen molar-refractivity contribution in [3.63, 3.8) is 0 Å². The van der Waals surface area contributed by atoms with Crippen molar-refractivity contribution in [2.24, 2.45) is 0 Å². The van der Waals surface area contributed by atoms with E-state index in [0.717, 1.165) is 19.3 Å². The molecule has 0 radical (unpaired) electrons. The first-order valence-corrected chi connectivity index (χ1v) is 22.4. The average Bonchev–Trinajstić information content (AvgIpc) is 3.86.